The van der Waals surface area contributed by atoms with Gasteiger partial charge >= 0.3 is 0 Å². The van der Waals surface area contributed by atoms with Gasteiger partial charge in [0, 0.05) is 25.8 Å². The molecule has 0 spiro atoms. The lowest BCUT2D eigenvalue weighted by molar-refractivity contribution is -0.577. The minimum Gasteiger partial charge on any atom is -1.00 e. The van der Waals surface area contributed by atoms with Gasteiger partial charge in [0.2, 0.25) is 5.91 Å². The van der Waals surface area contributed by atoms with Crippen LogP contribution < -0.4 is 17.7 Å². The van der Waals surface area contributed by atoms with Crippen molar-refractivity contribution in [3.05, 3.63) is 64.7 Å². The van der Waals surface area contributed by atoms with Crippen molar-refractivity contribution in [3.8, 4) is 0 Å². The summed E-state index contributed by atoms with van der Waals surface area (Å²) < 4.78 is 2.22. The van der Waals surface area contributed by atoms with E-state index in [0.717, 1.165) is 17.7 Å². The second-order valence-electron chi connectivity index (χ2n) is 6.86. The Labute approximate surface area is 160 Å². The molecule has 1 aliphatic rings. The minimum absolute atomic E-state index is 0. The normalized spacial score (nSPS) is 15.2. The van der Waals surface area contributed by atoms with Gasteiger partial charge in [0.15, 0.2) is 11.3 Å². The maximum atomic E-state index is 12.6. The summed E-state index contributed by atoms with van der Waals surface area (Å²) in [5, 5.41) is 3.47. The third kappa shape index (κ3) is 4.05. The van der Waals surface area contributed by atoms with Gasteiger partial charge in [-0.1, -0.05) is 41.9 Å². The predicted molar refractivity (Wildman–Crippen MR) is 99.2 cm³/mol. The van der Waals surface area contributed by atoms with Crippen molar-refractivity contribution < 1.29 is 21.8 Å². The Morgan fingerprint density at radius 2 is 1.80 bits per heavy atom. The summed E-state index contributed by atoms with van der Waals surface area (Å²) in [5.74, 6) is -0.0579. The predicted octanol–water partition coefficient (Wildman–Crippen LogP) is 1.14. The van der Waals surface area contributed by atoms with E-state index in [1.807, 2.05) is 24.3 Å². The van der Waals surface area contributed by atoms with Crippen LogP contribution in [-0.4, -0.2) is 28.8 Å². The van der Waals surface area contributed by atoms with Crippen LogP contribution in [0.2, 0.25) is 5.02 Å². The number of fused-ring (bicyclic) bond motifs is 1. The molecule has 1 amide bonds. The van der Waals surface area contributed by atoms with Gasteiger partial charge in [0.05, 0.1) is 10.7 Å². The Morgan fingerprint density at radius 3 is 2.52 bits per heavy atom. The van der Waals surface area contributed by atoms with Crippen molar-refractivity contribution in [2.45, 2.75) is 32.2 Å². The molecule has 0 atom stereocenters. The fourth-order valence-corrected chi connectivity index (χ4v) is 3.39. The molecule has 1 heterocycles. The number of hydrogen-bond donors (Lipinski definition) is 1. The number of halogens is 2. The summed E-state index contributed by atoms with van der Waals surface area (Å²) in [6.45, 7) is 4.41. The number of rotatable bonds is 3. The fraction of sp³-hybridized carbons (Fsp3) is 0.300. The monoisotopic (exact) mass is 376 g/mol. The van der Waals surface area contributed by atoms with Crippen LogP contribution in [0.4, 0.5) is 5.69 Å². The molecule has 2 aromatic rings. The highest BCUT2D eigenvalue weighted by Crippen LogP contribution is 2.27. The summed E-state index contributed by atoms with van der Waals surface area (Å²) >= 11 is 6.13. The highest BCUT2D eigenvalue weighted by Gasteiger charge is 2.38. The summed E-state index contributed by atoms with van der Waals surface area (Å²) in [6.07, 6.45) is 1.29. The average molecular weight is 377 g/mol. The van der Waals surface area contributed by atoms with E-state index in [4.69, 9.17) is 11.6 Å². The fourth-order valence-electron chi connectivity index (χ4n) is 3.21. The van der Waals surface area contributed by atoms with Crippen LogP contribution >= 0.6 is 11.6 Å². The molecule has 0 fully saturated rings. The number of likely N-dealkylation sites (N-methyl/N-ethyl adjacent to an activating group) is 1. The van der Waals surface area contributed by atoms with E-state index in [1.54, 1.807) is 6.07 Å². The van der Waals surface area contributed by atoms with Gasteiger partial charge in [-0.05, 0) is 23.8 Å². The van der Waals surface area contributed by atoms with Crippen LogP contribution in [0.15, 0.2) is 48.5 Å². The topological polar surface area (TPSA) is 32.1 Å². The van der Waals surface area contributed by atoms with Crippen molar-refractivity contribution in [1.82, 2.24) is 0 Å². The molecule has 5 heteroatoms. The van der Waals surface area contributed by atoms with Crippen LogP contribution in [0.3, 0.4) is 0 Å². The number of carbonyl (C=O) groups excluding carboxylic acids is 1. The molecule has 3 rings (SSSR count). The van der Waals surface area contributed by atoms with E-state index < -0.39 is 0 Å². The quantitative estimate of drug-likeness (QED) is 0.800. The lowest BCUT2D eigenvalue weighted by Gasteiger charge is -2.29. The van der Waals surface area contributed by atoms with Crippen LogP contribution in [0.25, 0.3) is 0 Å². The van der Waals surface area contributed by atoms with E-state index >= 15 is 0 Å². The molecule has 3 nitrogen and oxygen atoms in total. The first-order valence-electron chi connectivity index (χ1n) is 8.11. The molecule has 0 bridgehead atoms. The molecule has 0 saturated heterocycles. The second kappa shape index (κ2) is 7.59. The van der Waals surface area contributed by atoms with Crippen molar-refractivity contribution >= 4 is 28.9 Å². The lowest BCUT2D eigenvalue weighted by Crippen LogP contribution is -3.00. The van der Waals surface area contributed by atoms with E-state index in [-0.39, 0.29) is 23.9 Å². The molecule has 0 aliphatic carbocycles. The third-order valence-corrected chi connectivity index (χ3v) is 5.07. The van der Waals surface area contributed by atoms with Crippen molar-refractivity contribution in [3.63, 3.8) is 0 Å². The van der Waals surface area contributed by atoms with Crippen molar-refractivity contribution in [1.29, 1.82) is 0 Å². The Balaban J connectivity index is 0.00000225. The number of benzene rings is 2. The Hall–Kier alpha value is -1.84. The smallest absolute Gasteiger partial charge is 0.235 e. The second-order valence-corrected chi connectivity index (χ2v) is 7.26. The standard InChI is InChI=1S/C20H21ClN2O.ClH/c1-20(2)13-14-8-4-5-9-15(14)18(23(20)3)12-19(24)22-17-11-7-6-10-16(17)21;/h4-11H,12-13H2,1-3H3;1H. The Bertz CT molecular complexity index is 828. The summed E-state index contributed by atoms with van der Waals surface area (Å²) in [4.78, 5) is 12.6. The number of amides is 1. The zero-order chi connectivity index (χ0) is 17.3. The molecule has 1 N–H and O–H groups in total. The number of anilines is 1. The number of nitrogens with zero attached hydrogens (tertiary/aromatic N) is 1. The first-order chi connectivity index (χ1) is 11.4. The minimum atomic E-state index is -0.0579. The van der Waals surface area contributed by atoms with E-state index in [2.05, 4.69) is 49.0 Å². The summed E-state index contributed by atoms with van der Waals surface area (Å²) in [5.41, 5.74) is 4.13. The molecule has 25 heavy (non-hydrogen) atoms. The first kappa shape index (κ1) is 19.5. The molecule has 1 aliphatic heterocycles. The average Bonchev–Trinajstić information content (AvgIpc) is 2.54. The van der Waals surface area contributed by atoms with Gasteiger partial charge in [-0.25, -0.2) is 4.58 Å². The van der Waals surface area contributed by atoms with Crippen LogP contribution in [-0.2, 0) is 11.2 Å². The number of nitrogens with one attached hydrogen (secondary N) is 1. The Morgan fingerprint density at radius 1 is 1.16 bits per heavy atom. The SMILES string of the molecule is C[N+]1=C(CC(=O)Nc2ccccc2Cl)c2ccccc2CC1(C)C.[Cl-]. The third-order valence-electron chi connectivity index (χ3n) is 4.74. The maximum absolute atomic E-state index is 12.6. The van der Waals surface area contributed by atoms with E-state index in [9.17, 15) is 4.79 Å². The summed E-state index contributed by atoms with van der Waals surface area (Å²) in [7, 11) is 2.06. The maximum Gasteiger partial charge on any atom is 0.235 e. The zero-order valence-corrected chi connectivity index (χ0v) is 16.2. The van der Waals surface area contributed by atoms with E-state index in [0.29, 0.717) is 17.1 Å². The van der Waals surface area contributed by atoms with Crippen molar-refractivity contribution in [2.24, 2.45) is 0 Å². The Kier molecular flexibility index (Phi) is 5.91. The number of carbonyl (C=O) groups is 1. The van der Waals surface area contributed by atoms with Crippen LogP contribution in [0, 0.1) is 0 Å². The highest BCUT2D eigenvalue weighted by atomic mass is 35.5. The zero-order valence-electron chi connectivity index (χ0n) is 14.6. The molecule has 0 radical (unpaired) electrons. The van der Waals surface area contributed by atoms with Gasteiger partial charge in [0.25, 0.3) is 0 Å². The van der Waals surface area contributed by atoms with Crippen LogP contribution in [0.1, 0.15) is 31.4 Å². The molecule has 0 aromatic heterocycles. The molecule has 0 saturated carbocycles. The van der Waals surface area contributed by atoms with Crippen LogP contribution in [0.5, 0.6) is 0 Å². The number of para-hydroxylation sites is 1. The lowest BCUT2D eigenvalue weighted by atomic mass is 9.84. The molecular formula is C20H22Cl2N2O. The van der Waals surface area contributed by atoms with Gasteiger partial charge in [-0.3, -0.25) is 4.79 Å². The first-order valence-corrected chi connectivity index (χ1v) is 8.48. The van der Waals surface area contributed by atoms with Gasteiger partial charge < -0.3 is 17.7 Å². The molecule has 132 valence electrons. The van der Waals surface area contributed by atoms with Crippen molar-refractivity contribution in [2.75, 3.05) is 12.4 Å². The largest absolute Gasteiger partial charge is 1.00 e. The molecule has 2 aromatic carbocycles. The van der Waals surface area contributed by atoms with Gasteiger partial charge in [-0.2, -0.15) is 0 Å². The van der Waals surface area contributed by atoms with Gasteiger partial charge in [0.1, 0.15) is 13.5 Å². The molecule has 0 unspecified atom stereocenters. The van der Waals surface area contributed by atoms with E-state index in [1.165, 1.54) is 5.56 Å². The van der Waals surface area contributed by atoms with Gasteiger partial charge in [-0.15, -0.1) is 0 Å². The highest BCUT2D eigenvalue weighted by molar-refractivity contribution is 6.33. The molecular weight excluding hydrogens is 355 g/mol. The summed E-state index contributed by atoms with van der Waals surface area (Å²) in [6, 6.07) is 15.6. The number of hydrogen-bond acceptors (Lipinski definition) is 1.